The van der Waals surface area contributed by atoms with Gasteiger partial charge in [0.05, 0.1) is 12.2 Å². The van der Waals surface area contributed by atoms with Gasteiger partial charge in [-0.05, 0) is 18.8 Å². The molecular formula is C17H22F2N4O3. The van der Waals surface area contributed by atoms with Gasteiger partial charge in [0.15, 0.2) is 0 Å². The molecule has 1 aromatic heterocycles. The number of amides is 2. The molecule has 0 aromatic carbocycles. The highest BCUT2D eigenvalue weighted by Crippen LogP contribution is 2.24. The van der Waals surface area contributed by atoms with Crippen molar-refractivity contribution >= 4 is 11.8 Å². The van der Waals surface area contributed by atoms with Crippen molar-refractivity contribution in [1.82, 2.24) is 19.4 Å². The van der Waals surface area contributed by atoms with Gasteiger partial charge in [-0.25, -0.2) is 13.8 Å². The molecule has 3 rings (SSSR count). The minimum Gasteiger partial charge on any atom is -0.345 e. The molecule has 2 fully saturated rings. The predicted molar refractivity (Wildman–Crippen MR) is 88.5 cm³/mol. The molecule has 9 heteroatoms. The van der Waals surface area contributed by atoms with Gasteiger partial charge in [-0.3, -0.25) is 19.0 Å². The van der Waals surface area contributed by atoms with Crippen molar-refractivity contribution in [2.45, 2.75) is 32.2 Å². The van der Waals surface area contributed by atoms with Crippen molar-refractivity contribution in [3.05, 3.63) is 28.4 Å². The van der Waals surface area contributed by atoms with Crippen LogP contribution in [0.15, 0.2) is 17.2 Å². The summed E-state index contributed by atoms with van der Waals surface area (Å²) in [7, 11) is 1.70. The van der Waals surface area contributed by atoms with Crippen LogP contribution in [0.4, 0.5) is 8.78 Å². The fourth-order valence-corrected chi connectivity index (χ4v) is 3.60. The lowest BCUT2D eigenvalue weighted by Crippen LogP contribution is -2.43. The molecule has 0 bridgehead atoms. The maximum Gasteiger partial charge on any atom is 0.280 e. The summed E-state index contributed by atoms with van der Waals surface area (Å²) in [6, 6.07) is 0.872. The van der Waals surface area contributed by atoms with Crippen molar-refractivity contribution in [3.8, 4) is 0 Å². The van der Waals surface area contributed by atoms with Gasteiger partial charge in [-0.15, -0.1) is 0 Å². The van der Waals surface area contributed by atoms with Gasteiger partial charge in [0, 0.05) is 45.7 Å². The third-order valence-corrected chi connectivity index (χ3v) is 5.20. The molecule has 0 spiro atoms. The average molecular weight is 368 g/mol. The monoisotopic (exact) mass is 368 g/mol. The first-order valence-electron chi connectivity index (χ1n) is 8.72. The predicted octanol–water partition coefficient (Wildman–Crippen LogP) is 0.898. The van der Waals surface area contributed by atoms with Gasteiger partial charge >= 0.3 is 0 Å². The van der Waals surface area contributed by atoms with Gasteiger partial charge in [-0.2, -0.15) is 0 Å². The van der Waals surface area contributed by atoms with Gasteiger partial charge in [0.2, 0.25) is 11.8 Å². The summed E-state index contributed by atoms with van der Waals surface area (Å²) in [6.07, 6.45) is 0.137. The van der Waals surface area contributed by atoms with Crippen molar-refractivity contribution in [1.29, 1.82) is 0 Å². The molecule has 1 atom stereocenters. The molecule has 1 unspecified atom stereocenters. The summed E-state index contributed by atoms with van der Waals surface area (Å²) in [6.45, 7) is 2.03. The van der Waals surface area contributed by atoms with Crippen LogP contribution in [0.25, 0.3) is 0 Å². The molecule has 2 saturated heterocycles. The lowest BCUT2D eigenvalue weighted by molar-refractivity contribution is -0.137. The lowest BCUT2D eigenvalue weighted by Gasteiger charge is -2.33. The average Bonchev–Trinajstić information content (AvgIpc) is 2.95. The molecule has 0 saturated carbocycles. The summed E-state index contributed by atoms with van der Waals surface area (Å²) in [5.74, 6) is -0.0692. The first-order valence-corrected chi connectivity index (χ1v) is 8.72. The standard InChI is InChI=1S/C17H22F2N4O3/c1-21-9-12(6-14(21)24)17(26)22-4-2-11(3-5-22)8-23-10-20-13(16(18)19)7-15(23)25/h7,10-12,16H,2-6,8-9H2,1H3. The van der Waals surface area contributed by atoms with Crippen molar-refractivity contribution in [2.24, 2.45) is 11.8 Å². The third kappa shape index (κ3) is 3.91. The maximum absolute atomic E-state index is 12.6. The van der Waals surface area contributed by atoms with E-state index in [1.54, 1.807) is 16.8 Å². The van der Waals surface area contributed by atoms with E-state index < -0.39 is 17.7 Å². The Morgan fingerprint density at radius 1 is 1.31 bits per heavy atom. The molecule has 1 aromatic rings. The Morgan fingerprint density at radius 3 is 2.54 bits per heavy atom. The number of halogens is 2. The van der Waals surface area contributed by atoms with Crippen LogP contribution in [0, 0.1) is 11.8 Å². The number of likely N-dealkylation sites (tertiary alicyclic amines) is 2. The highest BCUT2D eigenvalue weighted by molar-refractivity contribution is 5.89. The number of rotatable bonds is 4. The summed E-state index contributed by atoms with van der Waals surface area (Å²) < 4.78 is 26.5. The van der Waals surface area contributed by atoms with Crippen LogP contribution in [0.5, 0.6) is 0 Å². The Labute approximate surface area is 149 Å². The second-order valence-electron chi connectivity index (χ2n) is 7.05. The second-order valence-corrected chi connectivity index (χ2v) is 7.05. The summed E-state index contributed by atoms with van der Waals surface area (Å²) >= 11 is 0. The number of alkyl halides is 2. The van der Waals surface area contributed by atoms with Crippen LogP contribution in [-0.4, -0.2) is 57.8 Å². The second kappa shape index (κ2) is 7.51. The first kappa shape index (κ1) is 18.5. The number of carbonyl (C=O) groups is 2. The van der Waals surface area contributed by atoms with Crippen LogP contribution >= 0.6 is 0 Å². The van der Waals surface area contributed by atoms with Gasteiger partial charge in [0.1, 0.15) is 5.69 Å². The summed E-state index contributed by atoms with van der Waals surface area (Å²) in [4.78, 5) is 43.0. The highest BCUT2D eigenvalue weighted by atomic mass is 19.3. The molecule has 0 aliphatic carbocycles. The fourth-order valence-electron chi connectivity index (χ4n) is 3.60. The number of nitrogens with zero attached hydrogens (tertiary/aromatic N) is 4. The summed E-state index contributed by atoms with van der Waals surface area (Å²) in [5, 5.41) is 0. The molecule has 26 heavy (non-hydrogen) atoms. The Bertz CT molecular complexity index is 744. The van der Waals surface area contributed by atoms with Crippen molar-refractivity contribution in [2.75, 3.05) is 26.7 Å². The molecule has 2 aliphatic heterocycles. The summed E-state index contributed by atoms with van der Waals surface area (Å²) in [5.41, 5.74) is -0.996. The fraction of sp³-hybridized carbons (Fsp3) is 0.647. The zero-order chi connectivity index (χ0) is 18.8. The van der Waals surface area contributed by atoms with E-state index >= 15 is 0 Å². The van der Waals surface area contributed by atoms with E-state index in [0.29, 0.717) is 26.2 Å². The van der Waals surface area contributed by atoms with Crippen LogP contribution in [0.3, 0.4) is 0 Å². The van der Waals surface area contributed by atoms with E-state index in [9.17, 15) is 23.2 Å². The van der Waals surface area contributed by atoms with E-state index in [1.807, 2.05) is 0 Å². The number of piperidine rings is 1. The lowest BCUT2D eigenvalue weighted by atomic mass is 9.95. The molecule has 0 radical (unpaired) electrons. The molecule has 0 N–H and O–H groups in total. The topological polar surface area (TPSA) is 75.5 Å². The SMILES string of the molecule is CN1CC(C(=O)N2CCC(Cn3cnc(C(F)F)cc3=O)CC2)CC1=O. The highest BCUT2D eigenvalue weighted by Gasteiger charge is 2.35. The number of hydrogen-bond donors (Lipinski definition) is 0. The van der Waals surface area contributed by atoms with Gasteiger partial charge < -0.3 is 9.80 Å². The van der Waals surface area contributed by atoms with Gasteiger partial charge in [0.25, 0.3) is 12.0 Å². The molecular weight excluding hydrogens is 346 g/mol. The zero-order valence-corrected chi connectivity index (χ0v) is 14.6. The smallest absolute Gasteiger partial charge is 0.280 e. The Morgan fingerprint density at radius 2 is 2.00 bits per heavy atom. The number of aromatic nitrogens is 2. The molecule has 2 aliphatic rings. The zero-order valence-electron chi connectivity index (χ0n) is 14.6. The Balaban J connectivity index is 1.53. The van der Waals surface area contributed by atoms with E-state index in [1.165, 1.54) is 10.9 Å². The quantitative estimate of drug-likeness (QED) is 0.791. The van der Waals surface area contributed by atoms with Crippen LogP contribution < -0.4 is 5.56 Å². The molecule has 7 nitrogen and oxygen atoms in total. The first-order chi connectivity index (χ1) is 12.3. The number of hydrogen-bond acceptors (Lipinski definition) is 4. The van der Waals surface area contributed by atoms with Crippen LogP contribution in [-0.2, 0) is 16.1 Å². The van der Waals surface area contributed by atoms with E-state index in [0.717, 1.165) is 18.9 Å². The van der Waals surface area contributed by atoms with E-state index in [4.69, 9.17) is 0 Å². The van der Waals surface area contributed by atoms with E-state index in [2.05, 4.69) is 4.98 Å². The molecule has 3 heterocycles. The van der Waals surface area contributed by atoms with Crippen LogP contribution in [0.2, 0.25) is 0 Å². The van der Waals surface area contributed by atoms with Crippen LogP contribution in [0.1, 0.15) is 31.4 Å². The van der Waals surface area contributed by atoms with E-state index in [-0.39, 0.29) is 30.1 Å². The van der Waals surface area contributed by atoms with Crippen molar-refractivity contribution < 1.29 is 18.4 Å². The minimum atomic E-state index is -2.76. The number of carbonyl (C=O) groups excluding carboxylic acids is 2. The molecule has 2 amide bonds. The minimum absolute atomic E-state index is 0.00245. The van der Waals surface area contributed by atoms with Gasteiger partial charge in [-0.1, -0.05) is 0 Å². The normalized spacial score (nSPS) is 21.7. The van der Waals surface area contributed by atoms with Crippen molar-refractivity contribution in [3.63, 3.8) is 0 Å². The maximum atomic E-state index is 12.6. The Kier molecular flexibility index (Phi) is 5.33. The Hall–Kier alpha value is -2.32. The third-order valence-electron chi connectivity index (χ3n) is 5.20. The largest absolute Gasteiger partial charge is 0.345 e. The molecule has 142 valence electrons.